The fourth-order valence-corrected chi connectivity index (χ4v) is 5.03. The zero-order valence-electron chi connectivity index (χ0n) is 18.5. The van der Waals surface area contributed by atoms with Gasteiger partial charge >= 0.3 is 6.03 Å². The van der Waals surface area contributed by atoms with Crippen LogP contribution < -0.4 is 14.8 Å². The largest absolute Gasteiger partial charge is 0.454 e. The number of imide groups is 1. The second kappa shape index (κ2) is 8.38. The number of carbonyl (C=O) groups is 3. The van der Waals surface area contributed by atoms with Crippen molar-refractivity contribution in [1.29, 1.82) is 0 Å². The molecule has 0 radical (unpaired) electrons. The van der Waals surface area contributed by atoms with Crippen LogP contribution in [-0.2, 0) is 11.3 Å². The smallest absolute Gasteiger partial charge is 0.325 e. The fraction of sp³-hybridized carbons (Fsp3) is 0.417. The first kappa shape index (κ1) is 21.2. The zero-order chi connectivity index (χ0) is 23.0. The normalized spacial score (nSPS) is 22.6. The molecule has 33 heavy (non-hydrogen) atoms. The predicted molar refractivity (Wildman–Crippen MR) is 118 cm³/mol. The average Bonchev–Trinajstić information content (AvgIpc) is 3.42. The molecular weight excluding hydrogens is 424 g/mol. The summed E-state index contributed by atoms with van der Waals surface area (Å²) in [4.78, 5) is 46.5. The zero-order valence-corrected chi connectivity index (χ0v) is 18.5. The van der Waals surface area contributed by atoms with Crippen molar-refractivity contribution in [1.82, 2.24) is 20.1 Å². The molecule has 1 N–H and O–H groups in total. The summed E-state index contributed by atoms with van der Waals surface area (Å²) in [5.41, 5.74) is 0.270. The number of likely N-dealkylation sites (tertiary alicyclic amines) is 1. The van der Waals surface area contributed by atoms with Crippen molar-refractivity contribution in [2.45, 2.75) is 38.3 Å². The molecule has 3 aliphatic rings. The van der Waals surface area contributed by atoms with Gasteiger partial charge in [-0.2, -0.15) is 0 Å². The molecule has 0 saturated carbocycles. The lowest BCUT2D eigenvalue weighted by molar-refractivity contribution is -0.134. The lowest BCUT2D eigenvalue weighted by Crippen LogP contribution is -2.56. The number of hydrogen-bond acceptors (Lipinski definition) is 6. The second-order valence-corrected chi connectivity index (χ2v) is 8.60. The van der Waals surface area contributed by atoms with Crippen molar-refractivity contribution in [3.63, 3.8) is 0 Å². The van der Waals surface area contributed by atoms with Crippen LogP contribution in [0.15, 0.2) is 42.6 Å². The van der Waals surface area contributed by atoms with E-state index in [0.29, 0.717) is 55.1 Å². The molecule has 0 unspecified atom stereocenters. The first-order valence-electron chi connectivity index (χ1n) is 11.2. The maximum absolute atomic E-state index is 13.4. The number of benzene rings is 1. The van der Waals surface area contributed by atoms with Crippen LogP contribution in [0.3, 0.4) is 0 Å². The summed E-state index contributed by atoms with van der Waals surface area (Å²) < 4.78 is 10.7. The molecule has 1 aromatic heterocycles. The summed E-state index contributed by atoms with van der Waals surface area (Å²) in [6.07, 6.45) is 3.41. The van der Waals surface area contributed by atoms with Gasteiger partial charge in [-0.3, -0.25) is 19.5 Å². The van der Waals surface area contributed by atoms with E-state index in [-0.39, 0.29) is 37.1 Å². The van der Waals surface area contributed by atoms with Crippen molar-refractivity contribution < 1.29 is 23.9 Å². The lowest BCUT2D eigenvalue weighted by Gasteiger charge is -2.40. The van der Waals surface area contributed by atoms with Crippen LogP contribution in [0.5, 0.6) is 11.5 Å². The third kappa shape index (κ3) is 3.67. The SMILES string of the molecule is CC[C@]1(C2CCN(C(=O)c3ccc4c(c3)OCO4)CC2)NC(=O)N(Cc2ccccn2)C1=O. The van der Waals surface area contributed by atoms with E-state index in [1.54, 1.807) is 41.4 Å². The van der Waals surface area contributed by atoms with Crippen LogP contribution in [0.1, 0.15) is 42.2 Å². The number of rotatable bonds is 5. The Labute approximate surface area is 191 Å². The first-order valence-corrected chi connectivity index (χ1v) is 11.2. The molecule has 1 atom stereocenters. The Hall–Kier alpha value is -3.62. The van der Waals surface area contributed by atoms with Gasteiger partial charge in [0, 0.05) is 24.8 Å². The molecule has 5 rings (SSSR count). The number of hydrogen-bond donors (Lipinski definition) is 1. The number of nitrogens with zero attached hydrogens (tertiary/aromatic N) is 3. The van der Waals surface area contributed by atoms with Gasteiger partial charge in [0.15, 0.2) is 11.5 Å². The average molecular weight is 450 g/mol. The molecule has 0 bridgehead atoms. The van der Waals surface area contributed by atoms with Crippen LogP contribution in [0.25, 0.3) is 0 Å². The number of urea groups is 1. The van der Waals surface area contributed by atoms with Crippen molar-refractivity contribution >= 4 is 17.8 Å². The van der Waals surface area contributed by atoms with Crippen LogP contribution in [0.2, 0.25) is 0 Å². The van der Waals surface area contributed by atoms with E-state index in [1.807, 2.05) is 13.0 Å². The van der Waals surface area contributed by atoms with E-state index in [0.717, 1.165) is 0 Å². The quantitative estimate of drug-likeness (QED) is 0.703. The number of pyridine rings is 1. The monoisotopic (exact) mass is 450 g/mol. The molecule has 0 aliphatic carbocycles. The van der Waals surface area contributed by atoms with E-state index in [4.69, 9.17) is 9.47 Å². The van der Waals surface area contributed by atoms with Crippen molar-refractivity contribution in [2.75, 3.05) is 19.9 Å². The molecule has 2 saturated heterocycles. The van der Waals surface area contributed by atoms with Crippen LogP contribution in [-0.4, -0.2) is 58.1 Å². The van der Waals surface area contributed by atoms with Gasteiger partial charge in [-0.15, -0.1) is 0 Å². The van der Waals surface area contributed by atoms with Crippen molar-refractivity contribution in [3.05, 3.63) is 53.9 Å². The molecule has 1 aromatic carbocycles. The Balaban J connectivity index is 1.27. The number of amides is 4. The van der Waals surface area contributed by atoms with Gasteiger partial charge in [0.05, 0.1) is 12.2 Å². The van der Waals surface area contributed by atoms with Gasteiger partial charge < -0.3 is 19.7 Å². The van der Waals surface area contributed by atoms with Gasteiger partial charge in [0.1, 0.15) is 5.54 Å². The maximum atomic E-state index is 13.4. The molecule has 2 aromatic rings. The molecule has 172 valence electrons. The fourth-order valence-electron chi connectivity index (χ4n) is 5.03. The summed E-state index contributed by atoms with van der Waals surface area (Å²) in [6.45, 7) is 3.27. The summed E-state index contributed by atoms with van der Waals surface area (Å²) in [7, 11) is 0. The van der Waals surface area contributed by atoms with E-state index in [1.165, 1.54) is 4.90 Å². The Morgan fingerprint density at radius 2 is 1.94 bits per heavy atom. The number of piperidine rings is 1. The molecule has 4 heterocycles. The number of carbonyl (C=O) groups excluding carboxylic acids is 3. The summed E-state index contributed by atoms with van der Waals surface area (Å²) in [5.74, 6) is 0.888. The number of fused-ring (bicyclic) bond motifs is 1. The highest BCUT2D eigenvalue weighted by atomic mass is 16.7. The summed E-state index contributed by atoms with van der Waals surface area (Å²) >= 11 is 0. The number of aromatic nitrogens is 1. The standard InChI is InChI=1S/C24H26N4O5/c1-2-24(22(30)28(23(31)26-24)14-18-5-3-4-10-25-18)17-8-11-27(12-9-17)21(29)16-6-7-19-20(13-16)33-15-32-19/h3-7,10,13,17H,2,8-9,11-12,14-15H2,1H3,(H,26,31)/t24-/m1/s1. The minimum absolute atomic E-state index is 0.0477. The molecule has 9 nitrogen and oxygen atoms in total. The number of ether oxygens (including phenoxy) is 2. The molecule has 2 fully saturated rings. The van der Waals surface area contributed by atoms with Gasteiger partial charge in [-0.25, -0.2) is 4.79 Å². The van der Waals surface area contributed by atoms with E-state index >= 15 is 0 Å². The molecule has 3 aliphatic heterocycles. The highest BCUT2D eigenvalue weighted by molar-refractivity contribution is 6.07. The highest BCUT2D eigenvalue weighted by Gasteiger charge is 2.55. The van der Waals surface area contributed by atoms with Gasteiger partial charge in [0.2, 0.25) is 6.79 Å². The third-order valence-electron chi connectivity index (χ3n) is 6.90. The van der Waals surface area contributed by atoms with Gasteiger partial charge in [-0.1, -0.05) is 13.0 Å². The van der Waals surface area contributed by atoms with Gasteiger partial charge in [-0.05, 0) is 55.5 Å². The Bertz CT molecular complexity index is 1080. The Kier molecular flexibility index (Phi) is 5.39. The third-order valence-corrected chi connectivity index (χ3v) is 6.90. The Morgan fingerprint density at radius 1 is 1.15 bits per heavy atom. The molecular formula is C24H26N4O5. The maximum Gasteiger partial charge on any atom is 0.325 e. The Morgan fingerprint density at radius 3 is 2.67 bits per heavy atom. The lowest BCUT2D eigenvalue weighted by atomic mass is 9.75. The number of nitrogens with one attached hydrogen (secondary N) is 1. The van der Waals surface area contributed by atoms with Crippen LogP contribution in [0.4, 0.5) is 4.79 Å². The van der Waals surface area contributed by atoms with Crippen molar-refractivity contribution in [2.24, 2.45) is 5.92 Å². The van der Waals surface area contributed by atoms with E-state index < -0.39 is 5.54 Å². The van der Waals surface area contributed by atoms with Crippen LogP contribution >= 0.6 is 0 Å². The summed E-state index contributed by atoms with van der Waals surface area (Å²) in [6, 6.07) is 10.2. The predicted octanol–water partition coefficient (Wildman–Crippen LogP) is 2.56. The molecule has 9 heteroatoms. The first-order chi connectivity index (χ1) is 16.0. The summed E-state index contributed by atoms with van der Waals surface area (Å²) in [5, 5.41) is 2.99. The van der Waals surface area contributed by atoms with E-state index in [9.17, 15) is 14.4 Å². The topological polar surface area (TPSA) is 101 Å². The minimum Gasteiger partial charge on any atom is -0.454 e. The highest BCUT2D eigenvalue weighted by Crippen LogP contribution is 2.37. The second-order valence-electron chi connectivity index (χ2n) is 8.60. The van der Waals surface area contributed by atoms with Crippen LogP contribution in [0, 0.1) is 5.92 Å². The van der Waals surface area contributed by atoms with Crippen molar-refractivity contribution in [3.8, 4) is 11.5 Å². The van der Waals surface area contributed by atoms with E-state index in [2.05, 4.69) is 10.3 Å². The molecule has 0 spiro atoms. The minimum atomic E-state index is -0.945. The van der Waals surface area contributed by atoms with Gasteiger partial charge in [0.25, 0.3) is 11.8 Å². The molecule has 4 amide bonds.